The lowest BCUT2D eigenvalue weighted by Gasteiger charge is -2.33. The second-order valence-electron chi connectivity index (χ2n) is 8.95. The molecule has 0 radical (unpaired) electrons. The number of amides is 2. The van der Waals surface area contributed by atoms with Gasteiger partial charge in [-0.15, -0.1) is 4.83 Å². The number of sulfonamides is 1. The van der Waals surface area contributed by atoms with Crippen LogP contribution in [0.25, 0.3) is 11.1 Å². The fourth-order valence-corrected chi connectivity index (χ4v) is 5.30. The van der Waals surface area contributed by atoms with Crippen LogP contribution in [-0.4, -0.2) is 44.0 Å². The first-order valence-electron chi connectivity index (χ1n) is 11.1. The van der Waals surface area contributed by atoms with Gasteiger partial charge in [-0.25, -0.2) is 17.2 Å². The average molecular weight is 494 g/mol. The van der Waals surface area contributed by atoms with E-state index in [1.807, 2.05) is 4.83 Å². The first-order chi connectivity index (χ1) is 16.0. The van der Waals surface area contributed by atoms with Crippen molar-refractivity contribution in [3.05, 3.63) is 59.2 Å². The lowest BCUT2D eigenvalue weighted by Crippen LogP contribution is -2.47. The molecule has 3 rings (SSSR count). The molecule has 0 spiro atoms. The van der Waals surface area contributed by atoms with Crippen molar-refractivity contribution >= 4 is 21.8 Å². The zero-order valence-corrected chi connectivity index (χ0v) is 20.2. The van der Waals surface area contributed by atoms with Crippen molar-refractivity contribution in [1.82, 2.24) is 15.2 Å². The highest BCUT2D eigenvalue weighted by Crippen LogP contribution is 2.25. The number of nitrogens with one attached hydrogen (secondary N) is 2. The van der Waals surface area contributed by atoms with Crippen molar-refractivity contribution in [2.75, 3.05) is 18.8 Å². The standard InChI is InChI=1S/C24H29F2N3O4S/c1-15(2)24(31)29-9-5-6-17(13-29)14-34(32,33)28-27-23(30)21-12-19(10-16(3)22(21)26)18-7-4-8-20(25)11-18/h4,7-8,10-12,15,17,28H,5-6,9,13-14H2,1-3H3,(H,27,30). The molecule has 1 aliphatic rings. The van der Waals surface area contributed by atoms with Gasteiger partial charge in [0.1, 0.15) is 11.6 Å². The number of halogens is 2. The van der Waals surface area contributed by atoms with Crippen LogP contribution in [0.4, 0.5) is 8.78 Å². The van der Waals surface area contributed by atoms with Crippen molar-refractivity contribution in [2.24, 2.45) is 11.8 Å². The summed E-state index contributed by atoms with van der Waals surface area (Å²) in [6.07, 6.45) is 1.34. The number of rotatable bonds is 7. The maximum absolute atomic E-state index is 14.7. The number of likely N-dealkylation sites (tertiary alicyclic amines) is 1. The molecule has 0 aromatic heterocycles. The normalized spacial score (nSPS) is 16.5. The number of hydrogen-bond acceptors (Lipinski definition) is 4. The summed E-state index contributed by atoms with van der Waals surface area (Å²) in [5.41, 5.74) is 2.73. The smallest absolute Gasteiger partial charge is 0.269 e. The van der Waals surface area contributed by atoms with E-state index in [0.29, 0.717) is 37.1 Å². The molecule has 7 nitrogen and oxygen atoms in total. The molecule has 2 N–H and O–H groups in total. The third kappa shape index (κ3) is 6.38. The van der Waals surface area contributed by atoms with Crippen molar-refractivity contribution < 1.29 is 26.8 Å². The number of nitrogens with zero attached hydrogens (tertiary/aromatic N) is 1. The molecule has 1 fully saturated rings. The second-order valence-corrected chi connectivity index (χ2v) is 10.7. The van der Waals surface area contributed by atoms with E-state index in [2.05, 4.69) is 5.43 Å². The van der Waals surface area contributed by atoms with Crippen LogP contribution in [0.5, 0.6) is 0 Å². The van der Waals surface area contributed by atoms with Crippen molar-refractivity contribution in [1.29, 1.82) is 0 Å². The third-order valence-corrected chi connectivity index (χ3v) is 7.08. The molecule has 1 saturated heterocycles. The monoisotopic (exact) mass is 493 g/mol. The van der Waals surface area contributed by atoms with E-state index in [4.69, 9.17) is 0 Å². The summed E-state index contributed by atoms with van der Waals surface area (Å²) >= 11 is 0. The summed E-state index contributed by atoms with van der Waals surface area (Å²) in [5, 5.41) is 0. The molecule has 0 bridgehead atoms. The minimum absolute atomic E-state index is 0.0209. The zero-order valence-electron chi connectivity index (χ0n) is 19.4. The molecule has 2 aromatic rings. The summed E-state index contributed by atoms with van der Waals surface area (Å²) in [4.78, 5) is 28.6. The van der Waals surface area contributed by atoms with E-state index in [0.717, 1.165) is 0 Å². The van der Waals surface area contributed by atoms with Crippen LogP contribution in [0.3, 0.4) is 0 Å². The topological polar surface area (TPSA) is 95.6 Å². The highest BCUT2D eigenvalue weighted by Gasteiger charge is 2.29. The van der Waals surface area contributed by atoms with E-state index >= 15 is 0 Å². The molecular formula is C24H29F2N3O4S. The minimum atomic E-state index is -3.94. The molecule has 0 saturated carbocycles. The number of aryl methyl sites for hydroxylation is 1. The summed E-state index contributed by atoms with van der Waals surface area (Å²) < 4.78 is 53.4. The Morgan fingerprint density at radius 1 is 1.15 bits per heavy atom. The van der Waals surface area contributed by atoms with Crippen LogP contribution in [-0.2, 0) is 14.8 Å². The van der Waals surface area contributed by atoms with E-state index in [1.165, 1.54) is 37.3 Å². The first-order valence-corrected chi connectivity index (χ1v) is 12.8. The summed E-state index contributed by atoms with van der Waals surface area (Å²) in [6, 6.07) is 8.38. The molecule has 2 amide bonds. The van der Waals surface area contributed by atoms with E-state index < -0.39 is 27.6 Å². The molecule has 10 heteroatoms. The Morgan fingerprint density at radius 2 is 1.88 bits per heavy atom. The molecular weight excluding hydrogens is 464 g/mol. The quantitative estimate of drug-likeness (QED) is 0.578. The minimum Gasteiger partial charge on any atom is -0.342 e. The van der Waals surface area contributed by atoms with Crippen molar-refractivity contribution in [3.63, 3.8) is 0 Å². The molecule has 34 heavy (non-hydrogen) atoms. The molecule has 2 aromatic carbocycles. The predicted molar refractivity (Wildman–Crippen MR) is 125 cm³/mol. The van der Waals surface area contributed by atoms with Gasteiger partial charge in [-0.3, -0.25) is 15.0 Å². The van der Waals surface area contributed by atoms with E-state index in [1.54, 1.807) is 24.8 Å². The van der Waals surface area contributed by atoms with Crippen LogP contribution in [0.2, 0.25) is 0 Å². The largest absolute Gasteiger partial charge is 0.342 e. The number of carbonyl (C=O) groups excluding carboxylic acids is 2. The summed E-state index contributed by atoms with van der Waals surface area (Å²) in [6.45, 7) is 5.98. The van der Waals surface area contributed by atoms with Crippen LogP contribution in [0.1, 0.15) is 42.6 Å². The van der Waals surface area contributed by atoms with Crippen molar-refractivity contribution in [3.8, 4) is 11.1 Å². The molecule has 1 aliphatic heterocycles. The summed E-state index contributed by atoms with van der Waals surface area (Å²) in [7, 11) is -3.94. The Kier molecular flexibility index (Phi) is 8.04. The van der Waals surface area contributed by atoms with Gasteiger partial charge in [-0.1, -0.05) is 26.0 Å². The number of benzene rings is 2. The Labute approximate surface area is 198 Å². The number of hydrazine groups is 1. The number of hydrogen-bond donors (Lipinski definition) is 2. The van der Waals surface area contributed by atoms with E-state index in [9.17, 15) is 26.8 Å². The van der Waals surface area contributed by atoms with Crippen LogP contribution in [0, 0.1) is 30.4 Å². The number of carbonyl (C=O) groups is 2. The van der Waals surface area contributed by atoms with Gasteiger partial charge < -0.3 is 4.90 Å². The average Bonchev–Trinajstić information content (AvgIpc) is 2.78. The van der Waals surface area contributed by atoms with Gasteiger partial charge in [0, 0.05) is 19.0 Å². The lowest BCUT2D eigenvalue weighted by molar-refractivity contribution is -0.136. The van der Waals surface area contributed by atoms with E-state index in [-0.39, 0.29) is 34.6 Å². The van der Waals surface area contributed by atoms with Crippen molar-refractivity contribution in [2.45, 2.75) is 33.6 Å². The highest BCUT2D eigenvalue weighted by molar-refractivity contribution is 7.89. The maximum atomic E-state index is 14.7. The fraction of sp³-hybridized carbons (Fsp3) is 0.417. The number of piperidine rings is 1. The van der Waals surface area contributed by atoms with Gasteiger partial charge in [-0.2, -0.15) is 0 Å². The fourth-order valence-electron chi connectivity index (χ4n) is 4.08. The second kappa shape index (κ2) is 10.6. The van der Waals surface area contributed by atoms with Gasteiger partial charge in [0.05, 0.1) is 11.3 Å². The van der Waals surface area contributed by atoms with Crippen LogP contribution in [0.15, 0.2) is 36.4 Å². The third-order valence-electron chi connectivity index (χ3n) is 5.76. The van der Waals surface area contributed by atoms with Gasteiger partial charge >= 0.3 is 0 Å². The Balaban J connectivity index is 1.68. The zero-order chi connectivity index (χ0) is 25.0. The predicted octanol–water partition coefficient (Wildman–Crippen LogP) is 3.40. The van der Waals surface area contributed by atoms with Gasteiger partial charge in [0.2, 0.25) is 15.9 Å². The van der Waals surface area contributed by atoms with Gasteiger partial charge in [-0.05, 0) is 66.6 Å². The lowest BCUT2D eigenvalue weighted by atomic mass is 9.99. The molecule has 1 heterocycles. The molecule has 184 valence electrons. The Hall–Kier alpha value is -2.85. The first kappa shape index (κ1) is 25.8. The van der Waals surface area contributed by atoms with Gasteiger partial charge in [0.15, 0.2) is 0 Å². The molecule has 0 aliphatic carbocycles. The van der Waals surface area contributed by atoms with Crippen LogP contribution >= 0.6 is 0 Å². The SMILES string of the molecule is Cc1cc(-c2cccc(F)c2)cc(C(=O)NNS(=O)(=O)CC2CCCN(C(=O)C(C)C)C2)c1F. The summed E-state index contributed by atoms with van der Waals surface area (Å²) in [5.74, 6) is -2.99. The maximum Gasteiger partial charge on any atom is 0.269 e. The highest BCUT2D eigenvalue weighted by atomic mass is 32.2. The van der Waals surface area contributed by atoms with Gasteiger partial charge in [0.25, 0.3) is 5.91 Å². The Morgan fingerprint density at radius 3 is 2.56 bits per heavy atom. The molecule has 1 unspecified atom stereocenters. The Bertz CT molecular complexity index is 1180. The molecule has 1 atom stereocenters. The van der Waals surface area contributed by atoms with Crippen LogP contribution < -0.4 is 10.3 Å².